The van der Waals surface area contributed by atoms with Gasteiger partial charge in [0.1, 0.15) is 6.17 Å². The van der Waals surface area contributed by atoms with Gasteiger partial charge in [-0.25, -0.2) is 9.18 Å². The Kier molecular flexibility index (Phi) is 4.57. The molecule has 5 heteroatoms. The van der Waals surface area contributed by atoms with Crippen molar-refractivity contribution in [2.24, 2.45) is 5.92 Å². The molecule has 0 aromatic heterocycles. The molecule has 0 unspecified atom stereocenters. The summed E-state index contributed by atoms with van der Waals surface area (Å²) >= 11 is 0. The number of halogens is 1. The van der Waals surface area contributed by atoms with Gasteiger partial charge in [0.15, 0.2) is 0 Å². The van der Waals surface area contributed by atoms with Crippen LogP contribution in [0.15, 0.2) is 0 Å². The normalized spacial score (nSPS) is 29.0. The summed E-state index contributed by atoms with van der Waals surface area (Å²) in [5.41, 5.74) is -0.345. The summed E-state index contributed by atoms with van der Waals surface area (Å²) in [6, 6.07) is 0.133. The molecular weight excluding hydrogens is 259 g/mol. The number of carbonyl (C=O) groups is 1. The van der Waals surface area contributed by atoms with Gasteiger partial charge in [0.05, 0.1) is 0 Å². The molecule has 1 aliphatic carbocycles. The van der Waals surface area contributed by atoms with Crippen molar-refractivity contribution in [1.82, 2.24) is 9.80 Å². The van der Waals surface area contributed by atoms with Crippen molar-refractivity contribution in [3.8, 4) is 0 Å². The highest BCUT2D eigenvalue weighted by atomic mass is 19.1. The second-order valence-electron chi connectivity index (χ2n) is 7.31. The molecule has 1 N–H and O–H groups in total. The average molecular weight is 286 g/mol. The summed E-state index contributed by atoms with van der Waals surface area (Å²) in [6.45, 7) is 8.01. The number of carboxylic acid groups (broad SMARTS) is 1. The Morgan fingerprint density at radius 2 is 1.80 bits per heavy atom. The third kappa shape index (κ3) is 3.62. The van der Waals surface area contributed by atoms with Gasteiger partial charge in [-0.05, 0) is 52.4 Å². The van der Waals surface area contributed by atoms with Crippen LogP contribution in [0, 0.1) is 5.92 Å². The second-order valence-corrected chi connectivity index (χ2v) is 7.31. The minimum atomic E-state index is -0.816. The molecule has 0 spiro atoms. The molecule has 0 radical (unpaired) electrons. The minimum Gasteiger partial charge on any atom is -0.465 e. The molecule has 1 amide bonds. The van der Waals surface area contributed by atoms with E-state index in [4.69, 9.17) is 0 Å². The molecule has 116 valence electrons. The van der Waals surface area contributed by atoms with E-state index < -0.39 is 12.3 Å². The molecule has 0 aromatic carbocycles. The fraction of sp³-hybridized carbons (Fsp3) is 0.933. The Hall–Kier alpha value is -0.840. The van der Waals surface area contributed by atoms with Crippen molar-refractivity contribution in [3.05, 3.63) is 0 Å². The van der Waals surface area contributed by atoms with E-state index >= 15 is 0 Å². The fourth-order valence-electron chi connectivity index (χ4n) is 3.60. The van der Waals surface area contributed by atoms with E-state index in [9.17, 15) is 14.3 Å². The van der Waals surface area contributed by atoms with Crippen LogP contribution in [0.2, 0.25) is 0 Å². The highest BCUT2D eigenvalue weighted by Crippen LogP contribution is 2.32. The SMILES string of the molecule is CC(C)(C)N(C(=O)O)[C@H]1CC[C@H](CN2CC(F)C2)CC1. The first-order valence-corrected chi connectivity index (χ1v) is 7.66. The van der Waals surface area contributed by atoms with Crippen LogP contribution in [-0.4, -0.2) is 58.4 Å². The maximum absolute atomic E-state index is 12.8. The van der Waals surface area contributed by atoms with Crippen molar-refractivity contribution in [2.45, 2.75) is 64.2 Å². The molecule has 0 atom stereocenters. The van der Waals surface area contributed by atoms with Crippen LogP contribution in [0.25, 0.3) is 0 Å². The van der Waals surface area contributed by atoms with Crippen LogP contribution in [0.4, 0.5) is 9.18 Å². The van der Waals surface area contributed by atoms with Crippen molar-refractivity contribution < 1.29 is 14.3 Å². The number of rotatable bonds is 3. The maximum Gasteiger partial charge on any atom is 0.407 e. The summed E-state index contributed by atoms with van der Waals surface area (Å²) in [5.74, 6) is 0.606. The standard InChI is InChI=1S/C15H27FN2O2/c1-15(2,3)18(14(19)20)13-6-4-11(5-7-13)8-17-9-12(16)10-17/h11-13H,4-10H2,1-3H3,(H,19,20)/t11-,13-. The Morgan fingerprint density at radius 1 is 1.25 bits per heavy atom. The summed E-state index contributed by atoms with van der Waals surface area (Å²) < 4.78 is 12.8. The van der Waals surface area contributed by atoms with Crippen molar-refractivity contribution in [3.63, 3.8) is 0 Å². The maximum atomic E-state index is 12.8. The molecular formula is C15H27FN2O2. The minimum absolute atomic E-state index is 0.133. The number of hydrogen-bond donors (Lipinski definition) is 1. The van der Waals surface area contributed by atoms with Crippen molar-refractivity contribution in [1.29, 1.82) is 0 Å². The van der Waals surface area contributed by atoms with Gasteiger partial charge in [-0.1, -0.05) is 0 Å². The summed E-state index contributed by atoms with van der Waals surface area (Å²) in [6.07, 6.45) is 2.52. The lowest BCUT2D eigenvalue weighted by Gasteiger charge is -2.44. The van der Waals surface area contributed by atoms with Crippen LogP contribution in [0.3, 0.4) is 0 Å². The van der Waals surface area contributed by atoms with Gasteiger partial charge >= 0.3 is 6.09 Å². The molecule has 2 fully saturated rings. The number of amides is 1. The monoisotopic (exact) mass is 286 g/mol. The first-order chi connectivity index (χ1) is 9.27. The van der Waals surface area contributed by atoms with Crippen LogP contribution in [0.5, 0.6) is 0 Å². The Bertz CT molecular complexity index is 342. The molecule has 1 saturated carbocycles. The predicted octanol–water partition coefficient (Wildman–Crippen LogP) is 2.98. The van der Waals surface area contributed by atoms with E-state index in [0.717, 1.165) is 32.2 Å². The van der Waals surface area contributed by atoms with Crippen LogP contribution in [-0.2, 0) is 0 Å². The first-order valence-electron chi connectivity index (χ1n) is 7.66. The van der Waals surface area contributed by atoms with E-state index in [1.54, 1.807) is 4.90 Å². The molecule has 0 aromatic rings. The van der Waals surface area contributed by atoms with Crippen molar-refractivity contribution >= 4 is 6.09 Å². The van der Waals surface area contributed by atoms with Crippen LogP contribution in [0.1, 0.15) is 46.5 Å². The molecule has 20 heavy (non-hydrogen) atoms. The Balaban J connectivity index is 1.82. The van der Waals surface area contributed by atoms with Gasteiger partial charge < -0.3 is 10.0 Å². The lowest BCUT2D eigenvalue weighted by Crippen LogP contribution is -2.53. The second kappa shape index (κ2) is 5.88. The highest BCUT2D eigenvalue weighted by Gasteiger charge is 2.36. The predicted molar refractivity (Wildman–Crippen MR) is 76.7 cm³/mol. The molecule has 0 bridgehead atoms. The fourth-order valence-corrected chi connectivity index (χ4v) is 3.60. The number of likely N-dealkylation sites (tertiary alicyclic amines) is 1. The molecule has 1 saturated heterocycles. The Labute approximate surface area is 120 Å². The van der Waals surface area contributed by atoms with Gasteiger partial charge in [0, 0.05) is 31.2 Å². The number of nitrogens with zero attached hydrogens (tertiary/aromatic N) is 2. The molecule has 4 nitrogen and oxygen atoms in total. The number of alkyl halides is 1. The van der Waals surface area contributed by atoms with E-state index in [-0.39, 0.29) is 11.6 Å². The largest absolute Gasteiger partial charge is 0.465 e. The zero-order valence-electron chi connectivity index (χ0n) is 12.8. The lowest BCUT2D eigenvalue weighted by molar-refractivity contribution is 0.0256. The third-order valence-electron chi connectivity index (χ3n) is 4.54. The van der Waals surface area contributed by atoms with E-state index in [0.29, 0.717) is 19.0 Å². The molecule has 2 aliphatic rings. The lowest BCUT2D eigenvalue weighted by atomic mass is 9.83. The molecule has 1 heterocycles. The van der Waals surface area contributed by atoms with E-state index in [1.807, 2.05) is 20.8 Å². The van der Waals surface area contributed by atoms with Crippen LogP contribution >= 0.6 is 0 Å². The van der Waals surface area contributed by atoms with Gasteiger partial charge in [0.2, 0.25) is 0 Å². The van der Waals surface area contributed by atoms with Crippen molar-refractivity contribution in [2.75, 3.05) is 19.6 Å². The zero-order chi connectivity index (χ0) is 14.9. The third-order valence-corrected chi connectivity index (χ3v) is 4.54. The summed E-state index contributed by atoms with van der Waals surface area (Å²) in [7, 11) is 0. The highest BCUT2D eigenvalue weighted by molar-refractivity contribution is 5.66. The Morgan fingerprint density at radius 3 is 2.20 bits per heavy atom. The quantitative estimate of drug-likeness (QED) is 0.867. The summed E-state index contributed by atoms with van der Waals surface area (Å²) in [5, 5.41) is 9.42. The smallest absolute Gasteiger partial charge is 0.407 e. The van der Waals surface area contributed by atoms with Gasteiger partial charge in [-0.3, -0.25) is 4.90 Å². The van der Waals surface area contributed by atoms with Gasteiger partial charge in [-0.15, -0.1) is 0 Å². The zero-order valence-corrected chi connectivity index (χ0v) is 12.8. The van der Waals surface area contributed by atoms with Gasteiger partial charge in [0.25, 0.3) is 0 Å². The van der Waals surface area contributed by atoms with Crippen LogP contribution < -0.4 is 0 Å². The molecule has 1 aliphatic heterocycles. The molecule has 2 rings (SSSR count). The first kappa shape index (κ1) is 15.5. The topological polar surface area (TPSA) is 43.8 Å². The van der Waals surface area contributed by atoms with E-state index in [2.05, 4.69) is 4.90 Å². The number of hydrogen-bond acceptors (Lipinski definition) is 2. The van der Waals surface area contributed by atoms with E-state index in [1.165, 1.54) is 0 Å². The summed E-state index contributed by atoms with van der Waals surface area (Å²) in [4.78, 5) is 15.3. The van der Waals surface area contributed by atoms with Gasteiger partial charge in [-0.2, -0.15) is 0 Å². The average Bonchev–Trinajstić information content (AvgIpc) is 2.27.